The van der Waals surface area contributed by atoms with E-state index < -0.39 is 15.6 Å². The topological polar surface area (TPSA) is 89.6 Å². The van der Waals surface area contributed by atoms with E-state index in [9.17, 15) is 9.00 Å². The third kappa shape index (κ3) is 2.66. The summed E-state index contributed by atoms with van der Waals surface area (Å²) in [7, 11) is -2.99. The maximum absolute atomic E-state index is 13.2. The second-order valence-electron chi connectivity index (χ2n) is 5.50. The molecule has 25 heavy (non-hydrogen) atoms. The molecule has 1 aromatic carbocycles. The van der Waals surface area contributed by atoms with E-state index >= 15 is 0 Å². The van der Waals surface area contributed by atoms with Gasteiger partial charge in [0, 0.05) is 24.0 Å². The Hall–Kier alpha value is -3.13. The van der Waals surface area contributed by atoms with Crippen molar-refractivity contribution in [1.29, 1.82) is 0 Å². The molecule has 7 nitrogen and oxygen atoms in total. The molecule has 3 heterocycles. The standard InChI is InChI=1S/C17H13N5O2S/c1-25(24,14-9-4-6-12-7-5-10-18-15(12)14)20-17(23)16-13-8-2-3-11-22(13)21-19-16/h2-11H,1H3. The van der Waals surface area contributed by atoms with E-state index in [1.807, 2.05) is 12.1 Å². The molecular formula is C17H13N5O2S. The Morgan fingerprint density at radius 1 is 1.12 bits per heavy atom. The van der Waals surface area contributed by atoms with Crippen LogP contribution in [-0.2, 0) is 9.73 Å². The number of aromatic nitrogens is 4. The first-order valence-electron chi connectivity index (χ1n) is 7.46. The molecule has 0 N–H and O–H groups in total. The Morgan fingerprint density at radius 3 is 2.84 bits per heavy atom. The molecule has 0 aliphatic heterocycles. The largest absolute Gasteiger partial charge is 0.308 e. The maximum atomic E-state index is 13.2. The van der Waals surface area contributed by atoms with Crippen LogP contribution in [0.1, 0.15) is 10.5 Å². The molecule has 0 fully saturated rings. The number of fused-ring (bicyclic) bond motifs is 2. The minimum atomic E-state index is -2.99. The maximum Gasteiger partial charge on any atom is 0.308 e. The van der Waals surface area contributed by atoms with Crippen molar-refractivity contribution >= 4 is 32.1 Å². The third-order valence-corrected chi connectivity index (χ3v) is 5.45. The molecule has 1 unspecified atom stereocenters. The smallest absolute Gasteiger partial charge is 0.264 e. The number of para-hydroxylation sites is 1. The van der Waals surface area contributed by atoms with Crippen LogP contribution in [0, 0.1) is 0 Å². The molecule has 0 spiro atoms. The van der Waals surface area contributed by atoms with E-state index in [-0.39, 0.29) is 5.69 Å². The summed E-state index contributed by atoms with van der Waals surface area (Å²) in [5.41, 5.74) is 1.16. The Kier molecular flexibility index (Phi) is 3.54. The predicted octanol–water partition coefficient (Wildman–Crippen LogP) is 2.57. The summed E-state index contributed by atoms with van der Waals surface area (Å²) in [6.07, 6.45) is 4.73. The number of pyridine rings is 2. The molecule has 124 valence electrons. The SMILES string of the molecule is CS(=O)(=NC(=O)c1nnn2ccccc12)c1cccc2cccnc12. The molecule has 0 radical (unpaired) electrons. The monoisotopic (exact) mass is 351 g/mol. The fourth-order valence-electron chi connectivity index (χ4n) is 2.63. The van der Waals surface area contributed by atoms with E-state index in [1.165, 1.54) is 10.8 Å². The molecule has 3 aromatic heterocycles. The highest BCUT2D eigenvalue weighted by Crippen LogP contribution is 2.22. The number of carbonyl (C=O) groups is 1. The van der Waals surface area contributed by atoms with Gasteiger partial charge in [0.1, 0.15) is 0 Å². The van der Waals surface area contributed by atoms with Crippen LogP contribution in [-0.4, -0.2) is 36.2 Å². The second-order valence-corrected chi connectivity index (χ2v) is 7.73. The van der Waals surface area contributed by atoms with Gasteiger partial charge in [-0.2, -0.15) is 4.36 Å². The molecule has 0 saturated heterocycles. The summed E-state index contributed by atoms with van der Waals surface area (Å²) in [4.78, 5) is 17.3. The summed E-state index contributed by atoms with van der Waals surface area (Å²) < 4.78 is 18.6. The molecule has 0 saturated carbocycles. The average Bonchev–Trinajstić information content (AvgIpc) is 3.05. The fraction of sp³-hybridized carbons (Fsp3) is 0.0588. The molecular weight excluding hydrogens is 338 g/mol. The number of carbonyl (C=O) groups excluding carboxylic acids is 1. The van der Waals surface area contributed by atoms with Crippen molar-refractivity contribution in [3.8, 4) is 0 Å². The zero-order valence-electron chi connectivity index (χ0n) is 13.2. The lowest BCUT2D eigenvalue weighted by atomic mass is 10.2. The molecule has 1 amide bonds. The van der Waals surface area contributed by atoms with Crippen LogP contribution in [0.25, 0.3) is 16.4 Å². The molecule has 4 aromatic rings. The van der Waals surface area contributed by atoms with Crippen molar-refractivity contribution in [2.75, 3.05) is 6.26 Å². The van der Waals surface area contributed by atoms with Crippen molar-refractivity contribution < 1.29 is 9.00 Å². The van der Waals surface area contributed by atoms with Gasteiger partial charge >= 0.3 is 5.91 Å². The van der Waals surface area contributed by atoms with Crippen LogP contribution >= 0.6 is 0 Å². The van der Waals surface area contributed by atoms with E-state index in [4.69, 9.17) is 0 Å². The highest BCUT2D eigenvalue weighted by Gasteiger charge is 2.18. The predicted molar refractivity (Wildman–Crippen MR) is 93.8 cm³/mol. The van der Waals surface area contributed by atoms with Gasteiger partial charge in [-0.25, -0.2) is 8.72 Å². The quantitative estimate of drug-likeness (QED) is 0.554. The van der Waals surface area contributed by atoms with Crippen molar-refractivity contribution in [3.05, 3.63) is 66.6 Å². The molecule has 4 rings (SSSR count). The van der Waals surface area contributed by atoms with Gasteiger partial charge in [0.15, 0.2) is 5.69 Å². The van der Waals surface area contributed by atoms with Crippen LogP contribution in [0.4, 0.5) is 0 Å². The van der Waals surface area contributed by atoms with Gasteiger partial charge in [-0.05, 0) is 24.3 Å². The highest BCUT2D eigenvalue weighted by atomic mass is 32.2. The minimum Gasteiger partial charge on any atom is -0.264 e. The minimum absolute atomic E-state index is 0.0726. The normalized spacial score (nSPS) is 13.6. The van der Waals surface area contributed by atoms with Gasteiger partial charge in [0.05, 0.1) is 25.7 Å². The van der Waals surface area contributed by atoms with E-state index in [0.29, 0.717) is 15.9 Å². The lowest BCUT2D eigenvalue weighted by molar-refractivity contribution is 0.100. The second kappa shape index (κ2) is 5.75. The summed E-state index contributed by atoms with van der Waals surface area (Å²) in [6, 6.07) is 14.2. The number of hydrogen-bond donors (Lipinski definition) is 0. The molecule has 0 aliphatic carbocycles. The molecule has 0 bridgehead atoms. The lowest BCUT2D eigenvalue weighted by Gasteiger charge is -2.07. The van der Waals surface area contributed by atoms with Gasteiger partial charge in [-0.15, -0.1) is 5.10 Å². The fourth-order valence-corrected chi connectivity index (χ4v) is 3.99. The summed E-state index contributed by atoms with van der Waals surface area (Å²) in [5, 5.41) is 8.58. The first-order chi connectivity index (χ1) is 12.1. The Labute approximate surface area is 143 Å². The molecule has 1 atom stereocenters. The molecule has 8 heteroatoms. The summed E-state index contributed by atoms with van der Waals surface area (Å²) in [6.45, 7) is 0. The highest BCUT2D eigenvalue weighted by molar-refractivity contribution is 7.93. The van der Waals surface area contributed by atoms with E-state index in [0.717, 1.165) is 5.39 Å². The van der Waals surface area contributed by atoms with Crippen molar-refractivity contribution in [2.24, 2.45) is 4.36 Å². The molecule has 0 aliphatic rings. The Bertz CT molecular complexity index is 1230. The third-order valence-electron chi connectivity index (χ3n) is 3.79. The first kappa shape index (κ1) is 15.4. The average molecular weight is 351 g/mol. The lowest BCUT2D eigenvalue weighted by Crippen LogP contribution is -2.06. The van der Waals surface area contributed by atoms with Crippen molar-refractivity contribution in [3.63, 3.8) is 0 Å². The number of rotatable bonds is 2. The van der Waals surface area contributed by atoms with Gasteiger partial charge in [0.2, 0.25) is 0 Å². The van der Waals surface area contributed by atoms with Crippen LogP contribution in [0.3, 0.4) is 0 Å². The number of hydrogen-bond acceptors (Lipinski definition) is 5. The number of benzene rings is 1. The number of amides is 1. The van der Waals surface area contributed by atoms with Crippen molar-refractivity contribution in [2.45, 2.75) is 4.90 Å². The van der Waals surface area contributed by atoms with Gasteiger partial charge in [-0.3, -0.25) is 9.78 Å². The van der Waals surface area contributed by atoms with E-state index in [2.05, 4.69) is 19.7 Å². The van der Waals surface area contributed by atoms with Crippen LogP contribution < -0.4 is 0 Å². The van der Waals surface area contributed by atoms with Gasteiger partial charge < -0.3 is 0 Å². The summed E-state index contributed by atoms with van der Waals surface area (Å²) >= 11 is 0. The first-order valence-corrected chi connectivity index (χ1v) is 9.39. The van der Waals surface area contributed by atoms with Crippen LogP contribution in [0.5, 0.6) is 0 Å². The Morgan fingerprint density at radius 2 is 1.96 bits per heavy atom. The summed E-state index contributed by atoms with van der Waals surface area (Å²) in [5.74, 6) is -0.665. The number of nitrogens with zero attached hydrogens (tertiary/aromatic N) is 5. The zero-order chi connectivity index (χ0) is 17.4. The van der Waals surface area contributed by atoms with Gasteiger partial charge in [-0.1, -0.05) is 29.5 Å². The Balaban J connectivity index is 1.87. The van der Waals surface area contributed by atoms with Gasteiger partial charge in [0.25, 0.3) is 0 Å². The van der Waals surface area contributed by atoms with E-state index in [1.54, 1.807) is 48.8 Å². The van der Waals surface area contributed by atoms with Crippen LogP contribution in [0.15, 0.2) is 70.2 Å². The zero-order valence-corrected chi connectivity index (χ0v) is 14.1. The van der Waals surface area contributed by atoms with Crippen molar-refractivity contribution in [1.82, 2.24) is 19.8 Å². The van der Waals surface area contributed by atoms with Crippen LogP contribution in [0.2, 0.25) is 0 Å².